The highest BCUT2D eigenvalue weighted by molar-refractivity contribution is 5.86. The van der Waals surface area contributed by atoms with Gasteiger partial charge < -0.3 is 28.7 Å². The number of anilines is 7. The zero-order valence-electron chi connectivity index (χ0n) is 35.3. The monoisotopic (exact) mass is 860 g/mol. The van der Waals surface area contributed by atoms with Gasteiger partial charge in [0, 0.05) is 46.7 Å². The van der Waals surface area contributed by atoms with Crippen molar-refractivity contribution >= 4 is 63.9 Å². The maximum absolute atomic E-state index is 11.9. The second-order valence-electron chi connectivity index (χ2n) is 14.1. The minimum absolute atomic E-state index is 0.189. The van der Waals surface area contributed by atoms with Gasteiger partial charge in [0.25, 0.3) is 0 Å². The molecule has 11 heteroatoms. The van der Waals surface area contributed by atoms with Crippen LogP contribution < -0.4 is 29.0 Å². The van der Waals surface area contributed by atoms with Crippen LogP contribution >= 0.6 is 0 Å². The molecule has 0 spiro atoms. The summed E-state index contributed by atoms with van der Waals surface area (Å²) >= 11 is 0. The lowest BCUT2D eigenvalue weighted by molar-refractivity contribution is -0.129. The number of nitrogens with zero attached hydrogens (tertiary/aromatic N) is 4. The lowest BCUT2D eigenvalue weighted by atomic mass is 10.1. The summed E-state index contributed by atoms with van der Waals surface area (Å²) in [5.74, 6) is -0.523. The number of carbonyl (C=O) groups is 3. The number of hydrazone groups is 1. The van der Waals surface area contributed by atoms with Crippen molar-refractivity contribution in [2.24, 2.45) is 5.10 Å². The Balaban J connectivity index is 1.10. The van der Waals surface area contributed by atoms with Gasteiger partial charge in [0.05, 0.1) is 24.2 Å². The predicted molar refractivity (Wildman–Crippen MR) is 256 cm³/mol. The van der Waals surface area contributed by atoms with E-state index in [1.807, 2.05) is 167 Å². The largest absolute Gasteiger partial charge is 0.423 e. The molecule has 0 fully saturated rings. The number of benzene rings is 7. The standard InChI is InChI=1S/C54H44N4O7/c1-4-52(59)63-49-31-25-43(26-32-49)56(42-21-17-40(18-22-42)37-55-58(47-13-9-7-10-14-47)48-15-11-8-12-16-48)39-62-38-41-19-23-44(24-20-41)57(45-27-33-50(34-28-45)64-53(60)5-2)46-29-35-51(36-30-46)65-54(61)6-3/h4-37H,1-3,38-39H2. The van der Waals surface area contributed by atoms with Crippen LogP contribution in [0.25, 0.3) is 0 Å². The summed E-state index contributed by atoms with van der Waals surface area (Å²) in [6, 6.07) is 57.2. The minimum atomic E-state index is -0.557. The fraction of sp³-hybridized carbons (Fsp3) is 0.0370. The molecule has 0 saturated carbocycles. The summed E-state index contributed by atoms with van der Waals surface area (Å²) in [5, 5.41) is 6.75. The Kier molecular flexibility index (Phi) is 14.9. The van der Waals surface area contributed by atoms with Crippen molar-refractivity contribution < 1.29 is 33.3 Å². The fourth-order valence-electron chi connectivity index (χ4n) is 6.52. The van der Waals surface area contributed by atoms with E-state index in [1.165, 1.54) is 0 Å². The average Bonchev–Trinajstić information content (AvgIpc) is 3.35. The summed E-state index contributed by atoms with van der Waals surface area (Å²) in [6.45, 7) is 10.9. The Hall–Kier alpha value is -8.80. The first kappa shape index (κ1) is 44.3. The van der Waals surface area contributed by atoms with Gasteiger partial charge in [0.1, 0.15) is 24.0 Å². The molecule has 0 atom stereocenters. The molecule has 0 heterocycles. The van der Waals surface area contributed by atoms with E-state index >= 15 is 0 Å². The molecule has 0 aliphatic carbocycles. The van der Waals surface area contributed by atoms with E-state index in [4.69, 9.17) is 24.0 Å². The molecule has 7 rings (SSSR count). The van der Waals surface area contributed by atoms with Crippen LogP contribution in [0, 0.1) is 0 Å². The second kappa shape index (κ2) is 21.8. The average molecular weight is 861 g/mol. The smallest absolute Gasteiger partial charge is 0.335 e. The molecule has 0 aliphatic heterocycles. The zero-order valence-corrected chi connectivity index (χ0v) is 35.3. The Morgan fingerprint density at radius 1 is 0.446 bits per heavy atom. The van der Waals surface area contributed by atoms with Gasteiger partial charge in [-0.15, -0.1) is 0 Å². The third-order valence-electron chi connectivity index (χ3n) is 9.71. The van der Waals surface area contributed by atoms with Crippen molar-refractivity contribution in [2.75, 3.05) is 21.5 Å². The number of para-hydroxylation sites is 2. The number of carbonyl (C=O) groups excluding carboxylic acids is 3. The summed E-state index contributed by atoms with van der Waals surface area (Å²) in [6.07, 6.45) is 5.15. The topological polar surface area (TPSA) is 110 Å². The molecule has 0 aliphatic rings. The van der Waals surface area contributed by atoms with Crippen LogP contribution in [0.3, 0.4) is 0 Å². The van der Waals surface area contributed by atoms with Crippen molar-refractivity contribution in [3.63, 3.8) is 0 Å². The maximum Gasteiger partial charge on any atom is 0.335 e. The second-order valence-corrected chi connectivity index (χ2v) is 14.1. The highest BCUT2D eigenvalue weighted by Crippen LogP contribution is 2.37. The molecule has 0 unspecified atom stereocenters. The molecule has 0 aromatic heterocycles. The molecule has 65 heavy (non-hydrogen) atoms. The molecule has 322 valence electrons. The summed E-state index contributed by atoms with van der Waals surface area (Å²) in [4.78, 5) is 39.5. The number of hydrogen-bond donors (Lipinski definition) is 0. The lowest BCUT2D eigenvalue weighted by Crippen LogP contribution is -2.21. The molecule has 0 radical (unpaired) electrons. The lowest BCUT2D eigenvalue weighted by Gasteiger charge is -2.26. The van der Waals surface area contributed by atoms with E-state index in [0.29, 0.717) is 17.2 Å². The van der Waals surface area contributed by atoms with E-state index in [0.717, 1.165) is 69.2 Å². The van der Waals surface area contributed by atoms with E-state index < -0.39 is 17.9 Å². The van der Waals surface area contributed by atoms with Crippen LogP contribution in [0.4, 0.5) is 39.8 Å². The Morgan fingerprint density at radius 2 is 0.815 bits per heavy atom. The van der Waals surface area contributed by atoms with Crippen LogP contribution in [-0.2, 0) is 25.7 Å². The number of esters is 3. The molecule has 0 bridgehead atoms. The SMILES string of the molecule is C=CC(=O)Oc1ccc(N(COCc2ccc(N(c3ccc(OC(=O)C=C)cc3)c3ccc(OC(=O)C=C)cc3)cc2)c2ccc(C=NN(c3ccccc3)c3ccccc3)cc2)cc1. The number of ether oxygens (including phenoxy) is 4. The maximum atomic E-state index is 11.9. The first-order valence-corrected chi connectivity index (χ1v) is 20.4. The fourth-order valence-corrected chi connectivity index (χ4v) is 6.52. The molecular formula is C54H44N4O7. The van der Waals surface area contributed by atoms with Gasteiger partial charge in [-0.05, 0) is 132 Å². The van der Waals surface area contributed by atoms with Crippen molar-refractivity contribution in [1.82, 2.24) is 0 Å². The van der Waals surface area contributed by atoms with Crippen molar-refractivity contribution in [2.45, 2.75) is 6.61 Å². The van der Waals surface area contributed by atoms with E-state index in [-0.39, 0.29) is 13.3 Å². The normalized spacial score (nSPS) is 10.6. The molecule has 0 saturated heterocycles. The summed E-state index contributed by atoms with van der Waals surface area (Å²) in [7, 11) is 0. The van der Waals surface area contributed by atoms with Gasteiger partial charge in [-0.25, -0.2) is 19.4 Å². The van der Waals surface area contributed by atoms with Gasteiger partial charge in [0.2, 0.25) is 0 Å². The Labute approximate surface area is 377 Å². The number of hydrogen-bond acceptors (Lipinski definition) is 11. The van der Waals surface area contributed by atoms with E-state index in [2.05, 4.69) is 19.7 Å². The van der Waals surface area contributed by atoms with Gasteiger partial charge in [-0.1, -0.05) is 80.4 Å². The van der Waals surface area contributed by atoms with Crippen molar-refractivity contribution in [3.05, 3.63) is 231 Å². The van der Waals surface area contributed by atoms with Crippen LogP contribution in [0.15, 0.2) is 225 Å². The summed E-state index contributed by atoms with van der Waals surface area (Å²) in [5.41, 5.74) is 7.76. The first-order valence-electron chi connectivity index (χ1n) is 20.4. The molecule has 7 aromatic carbocycles. The van der Waals surface area contributed by atoms with Gasteiger partial charge in [-0.2, -0.15) is 5.10 Å². The highest BCUT2D eigenvalue weighted by atomic mass is 16.5. The van der Waals surface area contributed by atoms with Gasteiger partial charge in [-0.3, -0.25) is 0 Å². The summed E-state index contributed by atoms with van der Waals surface area (Å²) < 4.78 is 22.3. The third-order valence-corrected chi connectivity index (χ3v) is 9.71. The Bertz CT molecular complexity index is 2640. The van der Waals surface area contributed by atoms with E-state index in [1.54, 1.807) is 36.4 Å². The predicted octanol–water partition coefficient (Wildman–Crippen LogP) is 11.9. The van der Waals surface area contributed by atoms with Crippen molar-refractivity contribution in [1.29, 1.82) is 0 Å². The van der Waals surface area contributed by atoms with Crippen LogP contribution in [0.5, 0.6) is 17.2 Å². The first-order chi connectivity index (χ1) is 31.8. The highest BCUT2D eigenvalue weighted by Gasteiger charge is 2.16. The van der Waals surface area contributed by atoms with Crippen LogP contribution in [-0.4, -0.2) is 30.9 Å². The Morgan fingerprint density at radius 3 is 1.22 bits per heavy atom. The zero-order chi connectivity index (χ0) is 45.4. The molecular weight excluding hydrogens is 817 g/mol. The van der Waals surface area contributed by atoms with Crippen LogP contribution in [0.2, 0.25) is 0 Å². The third kappa shape index (κ3) is 12.0. The molecule has 11 nitrogen and oxygen atoms in total. The minimum Gasteiger partial charge on any atom is -0.423 e. The molecule has 0 amide bonds. The molecule has 0 N–H and O–H groups in total. The number of rotatable bonds is 19. The quantitative estimate of drug-likeness (QED) is 0.0195. The van der Waals surface area contributed by atoms with Crippen LogP contribution in [0.1, 0.15) is 11.1 Å². The molecule has 7 aromatic rings. The van der Waals surface area contributed by atoms with Gasteiger partial charge >= 0.3 is 17.9 Å². The van der Waals surface area contributed by atoms with E-state index in [9.17, 15) is 14.4 Å². The van der Waals surface area contributed by atoms with Crippen molar-refractivity contribution in [3.8, 4) is 17.2 Å². The van der Waals surface area contributed by atoms with Gasteiger partial charge in [0.15, 0.2) is 0 Å².